The third-order valence-corrected chi connectivity index (χ3v) is 5.75. The minimum Gasteiger partial charge on any atom is -0.484 e. The summed E-state index contributed by atoms with van der Waals surface area (Å²) >= 11 is 1.56. The smallest absolute Gasteiger partial charge is 0.260 e. The number of aromatic nitrogens is 1. The highest BCUT2D eigenvalue weighted by molar-refractivity contribution is 7.18. The summed E-state index contributed by atoms with van der Waals surface area (Å²) in [6, 6.07) is 14.9. The number of fused-ring (bicyclic) bond motifs is 1. The number of carbonyl (C=O) groups is 2. The van der Waals surface area contributed by atoms with Crippen LogP contribution < -0.4 is 10.1 Å². The number of anilines is 1. The molecule has 7 nitrogen and oxygen atoms in total. The molecule has 1 saturated heterocycles. The molecule has 0 spiro atoms. The number of para-hydroxylation sites is 1. The lowest BCUT2D eigenvalue weighted by Crippen LogP contribution is -2.32. The van der Waals surface area contributed by atoms with E-state index < -0.39 is 0 Å². The Kier molecular flexibility index (Phi) is 6.56. The number of thiazole rings is 1. The van der Waals surface area contributed by atoms with Gasteiger partial charge in [-0.05, 0) is 37.1 Å². The maximum absolute atomic E-state index is 12.2. The lowest BCUT2D eigenvalue weighted by Gasteiger charge is -2.15. The predicted octanol–water partition coefficient (Wildman–Crippen LogP) is 3.45. The van der Waals surface area contributed by atoms with Gasteiger partial charge in [0.25, 0.3) is 5.91 Å². The first-order valence-corrected chi connectivity index (χ1v) is 10.7. The van der Waals surface area contributed by atoms with Gasteiger partial charge >= 0.3 is 0 Å². The van der Waals surface area contributed by atoms with E-state index in [1.807, 2.05) is 29.2 Å². The highest BCUT2D eigenvalue weighted by Gasteiger charge is 2.18. The number of nitrogens with zero attached hydrogens (tertiary/aromatic N) is 2. The Bertz CT molecular complexity index is 997. The second kappa shape index (κ2) is 9.69. The Balaban J connectivity index is 1.22. The molecule has 1 aliphatic heterocycles. The largest absolute Gasteiger partial charge is 0.484 e. The van der Waals surface area contributed by atoms with E-state index in [0.717, 1.165) is 41.2 Å². The van der Waals surface area contributed by atoms with Crippen molar-refractivity contribution in [3.63, 3.8) is 0 Å². The van der Waals surface area contributed by atoms with E-state index >= 15 is 0 Å². The molecule has 0 saturated carbocycles. The van der Waals surface area contributed by atoms with Gasteiger partial charge in [0.15, 0.2) is 6.61 Å². The Hall–Kier alpha value is -2.97. The third-order valence-electron chi connectivity index (χ3n) is 4.74. The number of nitrogens with one attached hydrogen (secondary N) is 1. The Morgan fingerprint density at radius 1 is 1.07 bits per heavy atom. The summed E-state index contributed by atoms with van der Waals surface area (Å²) in [7, 11) is 0. The molecule has 156 valence electrons. The van der Waals surface area contributed by atoms with Gasteiger partial charge in [0.2, 0.25) is 5.91 Å². The minimum absolute atomic E-state index is 0.00266. The number of benzene rings is 2. The molecule has 3 aromatic rings. The molecule has 0 bridgehead atoms. The number of likely N-dealkylation sites (tertiary alicyclic amines) is 1. The molecule has 1 fully saturated rings. The van der Waals surface area contributed by atoms with Crippen LogP contribution in [0.25, 0.3) is 10.2 Å². The molecule has 1 N–H and O–H groups in total. The first kappa shape index (κ1) is 20.3. The second-order valence-corrected chi connectivity index (χ2v) is 8.14. The SMILES string of the molecule is O=C(COCc1nc2ccccc2s1)Nc1cccc(OCC(=O)N2CCCC2)c1. The minimum atomic E-state index is -0.263. The average molecular weight is 426 g/mol. The lowest BCUT2D eigenvalue weighted by molar-refractivity contribution is -0.132. The van der Waals surface area contributed by atoms with Crippen molar-refractivity contribution in [3.8, 4) is 5.75 Å². The van der Waals surface area contributed by atoms with Crippen LogP contribution in [-0.4, -0.2) is 48.0 Å². The van der Waals surface area contributed by atoms with Crippen molar-refractivity contribution in [2.24, 2.45) is 0 Å². The summed E-state index contributed by atoms with van der Waals surface area (Å²) in [6.07, 6.45) is 2.10. The van der Waals surface area contributed by atoms with E-state index in [2.05, 4.69) is 10.3 Å². The van der Waals surface area contributed by atoms with Crippen molar-refractivity contribution in [3.05, 3.63) is 53.5 Å². The predicted molar refractivity (Wildman–Crippen MR) is 116 cm³/mol. The van der Waals surface area contributed by atoms with E-state index in [0.29, 0.717) is 11.4 Å². The van der Waals surface area contributed by atoms with Crippen LogP contribution >= 0.6 is 11.3 Å². The fourth-order valence-corrected chi connectivity index (χ4v) is 4.18. The molecular formula is C22H23N3O4S. The number of hydrogen-bond acceptors (Lipinski definition) is 6. The third kappa shape index (κ3) is 5.34. The van der Waals surface area contributed by atoms with Crippen LogP contribution in [0.15, 0.2) is 48.5 Å². The van der Waals surface area contributed by atoms with Crippen molar-refractivity contribution in [1.29, 1.82) is 0 Å². The maximum atomic E-state index is 12.2. The lowest BCUT2D eigenvalue weighted by atomic mass is 10.3. The van der Waals surface area contributed by atoms with Gasteiger partial charge < -0.3 is 19.7 Å². The standard InChI is InChI=1S/C22H23N3O4S/c26-20(13-28-14-21-24-18-8-1-2-9-19(18)30-21)23-16-6-5-7-17(12-16)29-15-22(27)25-10-3-4-11-25/h1-2,5-9,12H,3-4,10-11,13-15H2,(H,23,26). The summed E-state index contributed by atoms with van der Waals surface area (Å²) in [6.45, 7) is 1.82. The van der Waals surface area contributed by atoms with E-state index in [1.165, 1.54) is 0 Å². The van der Waals surface area contributed by atoms with Gasteiger partial charge in [0.05, 0.1) is 16.8 Å². The van der Waals surface area contributed by atoms with Crippen molar-refractivity contribution < 1.29 is 19.1 Å². The second-order valence-electron chi connectivity index (χ2n) is 7.02. The number of ether oxygens (including phenoxy) is 2. The van der Waals surface area contributed by atoms with Gasteiger partial charge in [-0.1, -0.05) is 18.2 Å². The maximum Gasteiger partial charge on any atom is 0.260 e. The van der Waals surface area contributed by atoms with Crippen LogP contribution in [0.1, 0.15) is 17.8 Å². The Morgan fingerprint density at radius 2 is 1.90 bits per heavy atom. The molecule has 2 heterocycles. The highest BCUT2D eigenvalue weighted by atomic mass is 32.1. The molecule has 4 rings (SSSR count). The zero-order chi connectivity index (χ0) is 20.8. The topological polar surface area (TPSA) is 80.8 Å². The Labute approximate surface area is 178 Å². The summed E-state index contributed by atoms with van der Waals surface area (Å²) in [5, 5.41) is 3.62. The monoisotopic (exact) mass is 425 g/mol. The fraction of sp³-hybridized carbons (Fsp3) is 0.318. The van der Waals surface area contributed by atoms with Crippen LogP contribution in [-0.2, 0) is 20.9 Å². The number of hydrogen-bond donors (Lipinski definition) is 1. The molecule has 0 atom stereocenters. The molecule has 1 aliphatic rings. The molecule has 8 heteroatoms. The van der Waals surface area contributed by atoms with E-state index in [4.69, 9.17) is 9.47 Å². The quantitative estimate of drug-likeness (QED) is 0.598. The first-order chi connectivity index (χ1) is 14.7. The summed E-state index contributed by atoms with van der Waals surface area (Å²) in [5.74, 6) is 0.266. The number of carbonyl (C=O) groups excluding carboxylic acids is 2. The Morgan fingerprint density at radius 3 is 2.73 bits per heavy atom. The summed E-state index contributed by atoms with van der Waals surface area (Å²) < 4.78 is 12.2. The summed E-state index contributed by atoms with van der Waals surface area (Å²) in [4.78, 5) is 30.6. The first-order valence-electron chi connectivity index (χ1n) is 9.90. The average Bonchev–Trinajstić information content (AvgIpc) is 3.42. The molecule has 2 aromatic carbocycles. The molecular weight excluding hydrogens is 402 g/mol. The van der Waals surface area contributed by atoms with Crippen LogP contribution in [0.3, 0.4) is 0 Å². The zero-order valence-corrected chi connectivity index (χ0v) is 17.3. The highest BCUT2D eigenvalue weighted by Crippen LogP contribution is 2.22. The van der Waals surface area contributed by atoms with Crippen LogP contribution in [0, 0.1) is 0 Å². The van der Waals surface area contributed by atoms with E-state index in [9.17, 15) is 9.59 Å². The van der Waals surface area contributed by atoms with Gasteiger partial charge in [0, 0.05) is 24.8 Å². The van der Waals surface area contributed by atoms with Gasteiger partial charge in [-0.2, -0.15) is 0 Å². The van der Waals surface area contributed by atoms with Crippen molar-refractivity contribution >= 4 is 39.1 Å². The normalized spacial score (nSPS) is 13.5. The van der Waals surface area contributed by atoms with E-state index in [-0.39, 0.29) is 31.6 Å². The van der Waals surface area contributed by atoms with Crippen LogP contribution in [0.5, 0.6) is 5.75 Å². The van der Waals surface area contributed by atoms with Crippen molar-refractivity contribution in [1.82, 2.24) is 9.88 Å². The van der Waals surface area contributed by atoms with Crippen LogP contribution in [0.4, 0.5) is 5.69 Å². The van der Waals surface area contributed by atoms with Gasteiger partial charge in [-0.15, -0.1) is 11.3 Å². The van der Waals surface area contributed by atoms with Crippen LogP contribution in [0.2, 0.25) is 0 Å². The zero-order valence-electron chi connectivity index (χ0n) is 16.5. The number of amides is 2. The van der Waals surface area contributed by atoms with Gasteiger partial charge in [-0.3, -0.25) is 9.59 Å². The molecule has 1 aromatic heterocycles. The molecule has 30 heavy (non-hydrogen) atoms. The van der Waals surface area contributed by atoms with Crippen molar-refractivity contribution in [2.45, 2.75) is 19.4 Å². The van der Waals surface area contributed by atoms with Gasteiger partial charge in [-0.25, -0.2) is 4.98 Å². The number of rotatable bonds is 8. The van der Waals surface area contributed by atoms with Gasteiger partial charge in [0.1, 0.15) is 17.4 Å². The van der Waals surface area contributed by atoms with Crippen molar-refractivity contribution in [2.75, 3.05) is 31.6 Å². The molecule has 0 unspecified atom stereocenters. The fourth-order valence-electron chi connectivity index (χ4n) is 3.28. The molecule has 0 aliphatic carbocycles. The molecule has 2 amide bonds. The molecule has 0 radical (unpaired) electrons. The van der Waals surface area contributed by atoms with E-state index in [1.54, 1.807) is 35.6 Å². The summed E-state index contributed by atoms with van der Waals surface area (Å²) in [5.41, 5.74) is 1.53.